The average Bonchev–Trinajstić information content (AvgIpc) is 2.73. The lowest BCUT2D eigenvalue weighted by atomic mass is 10.4. The van der Waals surface area contributed by atoms with Crippen LogP contribution in [0.5, 0.6) is 5.88 Å². The minimum absolute atomic E-state index is 0.246. The maximum Gasteiger partial charge on any atom is 0.293 e. The molecule has 0 fully saturated rings. The van der Waals surface area contributed by atoms with Gasteiger partial charge < -0.3 is 4.74 Å². The predicted octanol–water partition coefficient (Wildman–Crippen LogP) is 1.27. The van der Waals surface area contributed by atoms with Crippen LogP contribution < -0.4 is 10.3 Å². The number of nitrogens with one attached hydrogen (secondary N) is 1. The van der Waals surface area contributed by atoms with Gasteiger partial charge in [-0.1, -0.05) is 13.3 Å². The highest BCUT2D eigenvalue weighted by atomic mass is 32.2. The van der Waals surface area contributed by atoms with Gasteiger partial charge in [0.1, 0.15) is 11.5 Å². The molecule has 106 valence electrons. The van der Waals surface area contributed by atoms with Crippen molar-refractivity contribution >= 4 is 28.7 Å². The van der Waals surface area contributed by atoms with Crippen molar-refractivity contribution in [2.45, 2.75) is 24.9 Å². The summed E-state index contributed by atoms with van der Waals surface area (Å²) in [6.07, 6.45) is 1.88. The molecule has 0 aromatic carbocycles. The first kappa shape index (κ1) is 14.4. The molecule has 1 N–H and O–H groups in total. The number of thioether (sulfide) groups is 1. The fourth-order valence-electron chi connectivity index (χ4n) is 1.60. The van der Waals surface area contributed by atoms with Crippen LogP contribution in [0.15, 0.2) is 15.4 Å². The molecular formula is C12H14N4O3S. The monoisotopic (exact) mass is 294 g/mol. The molecule has 0 aliphatic heterocycles. The number of fused-ring (bicyclic) bond motifs is 1. The Balaban J connectivity index is 2.48. The molecule has 8 heteroatoms. The van der Waals surface area contributed by atoms with Crippen molar-refractivity contribution in [1.29, 1.82) is 0 Å². The fourth-order valence-corrected chi connectivity index (χ4v) is 2.03. The van der Waals surface area contributed by atoms with Crippen LogP contribution in [0.3, 0.4) is 0 Å². The quantitative estimate of drug-likeness (QED) is 0.373. The highest BCUT2D eigenvalue weighted by Crippen LogP contribution is 2.23. The second-order valence-corrected chi connectivity index (χ2v) is 4.90. The SMILES string of the molecule is CCCCOc1nc(SC=C=O)nc2c(=O)n(C)[nH]c12. The number of aromatic nitrogens is 4. The summed E-state index contributed by atoms with van der Waals surface area (Å²) in [6.45, 7) is 2.56. The molecule has 0 atom stereocenters. The number of carbonyl (C=O) groups excluding carboxylic acids is 1. The van der Waals surface area contributed by atoms with Crippen LogP contribution in [0.2, 0.25) is 0 Å². The number of aromatic amines is 1. The molecule has 20 heavy (non-hydrogen) atoms. The Morgan fingerprint density at radius 3 is 3.00 bits per heavy atom. The summed E-state index contributed by atoms with van der Waals surface area (Å²) < 4.78 is 6.90. The molecule has 0 saturated heterocycles. The summed E-state index contributed by atoms with van der Waals surface area (Å²) in [4.78, 5) is 30.5. The van der Waals surface area contributed by atoms with E-state index in [1.807, 2.05) is 0 Å². The van der Waals surface area contributed by atoms with Crippen molar-refractivity contribution in [1.82, 2.24) is 19.7 Å². The lowest BCUT2D eigenvalue weighted by Crippen LogP contribution is -2.12. The minimum atomic E-state index is -0.264. The molecule has 2 heterocycles. The Kier molecular flexibility index (Phi) is 4.60. The Hall–Kier alpha value is -2.05. The number of hydrogen-bond donors (Lipinski definition) is 1. The Labute approximate surface area is 119 Å². The molecule has 0 saturated carbocycles. The minimum Gasteiger partial charge on any atom is -0.476 e. The normalized spacial score (nSPS) is 10.5. The number of ether oxygens (including phenoxy) is 1. The number of hydrogen-bond acceptors (Lipinski definition) is 6. The smallest absolute Gasteiger partial charge is 0.293 e. The zero-order chi connectivity index (χ0) is 14.5. The summed E-state index contributed by atoms with van der Waals surface area (Å²) in [7, 11) is 1.60. The van der Waals surface area contributed by atoms with E-state index < -0.39 is 0 Å². The lowest BCUT2D eigenvalue weighted by Gasteiger charge is -2.05. The van der Waals surface area contributed by atoms with E-state index in [0.717, 1.165) is 24.6 Å². The van der Waals surface area contributed by atoms with Crippen molar-refractivity contribution in [3.63, 3.8) is 0 Å². The van der Waals surface area contributed by atoms with Crippen molar-refractivity contribution in [3.05, 3.63) is 15.8 Å². The first-order valence-electron chi connectivity index (χ1n) is 6.13. The Morgan fingerprint density at radius 1 is 1.50 bits per heavy atom. The standard InChI is InChI=1S/C12H14N4O3S/c1-3-4-6-19-10-8-9(11(18)16(2)15-8)13-12(14-10)20-7-5-17/h7,15H,3-4,6H2,1-2H3. The van der Waals surface area contributed by atoms with E-state index in [1.54, 1.807) is 13.0 Å². The molecule has 0 aliphatic rings. The molecule has 0 amide bonds. The van der Waals surface area contributed by atoms with Crippen molar-refractivity contribution in [2.24, 2.45) is 7.05 Å². The Morgan fingerprint density at radius 2 is 2.30 bits per heavy atom. The number of unbranched alkanes of at least 4 members (excludes halogenated alkanes) is 1. The third-order valence-corrected chi connectivity index (χ3v) is 3.20. The van der Waals surface area contributed by atoms with Crippen molar-refractivity contribution in [3.8, 4) is 5.88 Å². The van der Waals surface area contributed by atoms with Gasteiger partial charge in [0.05, 0.1) is 12.0 Å². The highest BCUT2D eigenvalue weighted by molar-refractivity contribution is 8.02. The first-order valence-corrected chi connectivity index (χ1v) is 7.01. The predicted molar refractivity (Wildman–Crippen MR) is 75.7 cm³/mol. The maximum absolute atomic E-state index is 11.9. The number of rotatable bonds is 6. The van der Waals surface area contributed by atoms with E-state index in [-0.39, 0.29) is 16.2 Å². The third-order valence-electron chi connectivity index (χ3n) is 2.59. The van der Waals surface area contributed by atoms with E-state index in [2.05, 4.69) is 22.0 Å². The third kappa shape index (κ3) is 2.92. The number of nitrogens with zero attached hydrogens (tertiary/aromatic N) is 3. The van der Waals surface area contributed by atoms with Gasteiger partial charge in [0.2, 0.25) is 5.88 Å². The Bertz CT molecular complexity index is 715. The zero-order valence-corrected chi connectivity index (χ0v) is 12.0. The molecule has 0 unspecified atom stereocenters. The van der Waals surface area contributed by atoms with Gasteiger partial charge in [-0.25, -0.2) is 9.78 Å². The van der Waals surface area contributed by atoms with E-state index in [0.29, 0.717) is 18.0 Å². The van der Waals surface area contributed by atoms with Crippen LogP contribution in [-0.4, -0.2) is 32.3 Å². The van der Waals surface area contributed by atoms with Gasteiger partial charge in [-0.2, -0.15) is 4.98 Å². The van der Waals surface area contributed by atoms with Crippen LogP contribution in [0, 0.1) is 0 Å². The van der Waals surface area contributed by atoms with Crippen LogP contribution in [0.4, 0.5) is 0 Å². The van der Waals surface area contributed by atoms with E-state index in [9.17, 15) is 9.59 Å². The molecule has 0 spiro atoms. The molecule has 2 rings (SSSR count). The van der Waals surface area contributed by atoms with Crippen molar-refractivity contribution < 1.29 is 9.53 Å². The average molecular weight is 294 g/mol. The van der Waals surface area contributed by atoms with Crippen LogP contribution >= 0.6 is 11.8 Å². The van der Waals surface area contributed by atoms with E-state index in [1.165, 1.54) is 10.1 Å². The van der Waals surface area contributed by atoms with Gasteiger partial charge in [0, 0.05) is 7.05 Å². The molecule has 0 aliphatic carbocycles. The van der Waals surface area contributed by atoms with E-state index in [4.69, 9.17) is 4.74 Å². The number of H-pyrrole nitrogens is 1. The summed E-state index contributed by atoms with van der Waals surface area (Å²) in [5, 5.41) is 4.33. The van der Waals surface area contributed by atoms with Gasteiger partial charge in [0.25, 0.3) is 5.56 Å². The van der Waals surface area contributed by atoms with Gasteiger partial charge in [0.15, 0.2) is 10.7 Å². The molecular weight excluding hydrogens is 280 g/mol. The largest absolute Gasteiger partial charge is 0.476 e. The molecule has 2 aromatic heterocycles. The molecule has 0 bridgehead atoms. The van der Waals surface area contributed by atoms with Crippen LogP contribution in [-0.2, 0) is 11.8 Å². The summed E-state index contributed by atoms with van der Waals surface area (Å²) in [6, 6.07) is 0. The van der Waals surface area contributed by atoms with Gasteiger partial charge >= 0.3 is 0 Å². The zero-order valence-electron chi connectivity index (χ0n) is 11.2. The lowest BCUT2D eigenvalue weighted by molar-refractivity contribution is 0.298. The maximum atomic E-state index is 11.9. The summed E-state index contributed by atoms with van der Waals surface area (Å²) in [5.41, 5.74) is 0.448. The summed E-state index contributed by atoms with van der Waals surface area (Å²) in [5.74, 6) is 1.95. The fraction of sp³-hybridized carbons (Fsp3) is 0.417. The van der Waals surface area contributed by atoms with E-state index >= 15 is 0 Å². The van der Waals surface area contributed by atoms with Crippen molar-refractivity contribution in [2.75, 3.05) is 6.61 Å². The van der Waals surface area contributed by atoms with Gasteiger partial charge in [-0.15, -0.1) is 0 Å². The molecule has 2 aromatic rings. The first-order chi connectivity index (χ1) is 9.67. The number of aryl methyl sites for hydroxylation is 1. The second-order valence-electron chi connectivity index (χ2n) is 4.07. The van der Waals surface area contributed by atoms with Gasteiger partial charge in [-0.05, 0) is 18.2 Å². The highest BCUT2D eigenvalue weighted by Gasteiger charge is 2.15. The summed E-state index contributed by atoms with van der Waals surface area (Å²) >= 11 is 0.994. The van der Waals surface area contributed by atoms with Gasteiger partial charge in [-0.3, -0.25) is 14.6 Å². The van der Waals surface area contributed by atoms with Crippen LogP contribution in [0.25, 0.3) is 11.0 Å². The van der Waals surface area contributed by atoms with Crippen LogP contribution in [0.1, 0.15) is 19.8 Å². The molecule has 0 radical (unpaired) electrons. The topological polar surface area (TPSA) is 89.9 Å². The molecule has 7 nitrogen and oxygen atoms in total. The second kappa shape index (κ2) is 6.40.